The maximum atomic E-state index is 11.8. The summed E-state index contributed by atoms with van der Waals surface area (Å²) in [6.07, 6.45) is 7.44. The van der Waals surface area contributed by atoms with E-state index in [-0.39, 0.29) is 5.91 Å². The fraction of sp³-hybridized carbons (Fsp3) is 0.565. The van der Waals surface area contributed by atoms with Gasteiger partial charge in [-0.25, -0.2) is 0 Å². The summed E-state index contributed by atoms with van der Waals surface area (Å²) in [5.74, 6) is 3.01. The Balaban J connectivity index is 1.46. The Morgan fingerprint density at radius 2 is 2.06 bits per heavy atom. The normalized spacial score (nSPS) is 13.9. The molecule has 1 aliphatic rings. The number of carbonyl (C=O) groups excluding carboxylic acids is 1. The third kappa shape index (κ3) is 6.80. The molecule has 8 nitrogen and oxygen atoms in total. The Morgan fingerprint density at radius 1 is 1.16 bits per heavy atom. The molecule has 31 heavy (non-hydrogen) atoms. The van der Waals surface area contributed by atoms with E-state index in [9.17, 15) is 4.79 Å². The van der Waals surface area contributed by atoms with Crippen LogP contribution in [0.15, 0.2) is 29.3 Å². The molecule has 0 unspecified atom stereocenters. The van der Waals surface area contributed by atoms with Crippen LogP contribution in [0.1, 0.15) is 60.2 Å². The molecule has 0 spiro atoms. The van der Waals surface area contributed by atoms with Crippen LogP contribution in [0.3, 0.4) is 0 Å². The van der Waals surface area contributed by atoms with Crippen molar-refractivity contribution >= 4 is 11.9 Å². The molecule has 168 valence electrons. The topological polar surface area (TPSA) is 96.2 Å². The van der Waals surface area contributed by atoms with Crippen LogP contribution in [0.5, 0.6) is 0 Å². The zero-order valence-electron chi connectivity index (χ0n) is 18.8. The average molecular weight is 426 g/mol. The van der Waals surface area contributed by atoms with Crippen molar-refractivity contribution in [2.75, 3.05) is 26.7 Å². The van der Waals surface area contributed by atoms with Crippen molar-refractivity contribution in [3.05, 3.63) is 47.0 Å². The maximum absolute atomic E-state index is 11.8. The number of nitrogens with zero attached hydrogens (tertiary/aromatic N) is 4. The Morgan fingerprint density at radius 3 is 2.90 bits per heavy atom. The van der Waals surface area contributed by atoms with Gasteiger partial charge in [-0.15, -0.1) is 10.2 Å². The number of guanidine groups is 1. The minimum atomic E-state index is -0.0609. The molecule has 2 aromatic rings. The lowest BCUT2D eigenvalue weighted by molar-refractivity contribution is 0.0963. The maximum Gasteiger partial charge on any atom is 0.251 e. The summed E-state index contributed by atoms with van der Waals surface area (Å²) in [6, 6.07) is 7.73. The van der Waals surface area contributed by atoms with Gasteiger partial charge in [-0.05, 0) is 50.3 Å². The van der Waals surface area contributed by atoms with Crippen LogP contribution < -0.4 is 16.0 Å². The summed E-state index contributed by atoms with van der Waals surface area (Å²) in [5, 5.41) is 18.1. The first-order valence-corrected chi connectivity index (χ1v) is 11.5. The van der Waals surface area contributed by atoms with Gasteiger partial charge in [0.1, 0.15) is 11.6 Å². The van der Waals surface area contributed by atoms with E-state index in [0.717, 1.165) is 75.0 Å². The molecule has 0 fully saturated rings. The molecule has 8 heteroatoms. The molecule has 3 N–H and O–H groups in total. The summed E-state index contributed by atoms with van der Waals surface area (Å²) in [4.78, 5) is 16.5. The van der Waals surface area contributed by atoms with E-state index in [0.29, 0.717) is 5.56 Å². The van der Waals surface area contributed by atoms with Crippen molar-refractivity contribution < 1.29 is 4.79 Å². The summed E-state index contributed by atoms with van der Waals surface area (Å²) < 4.78 is 2.31. The van der Waals surface area contributed by atoms with E-state index in [4.69, 9.17) is 4.99 Å². The fourth-order valence-electron chi connectivity index (χ4n) is 3.84. The van der Waals surface area contributed by atoms with Crippen molar-refractivity contribution in [3.8, 4) is 0 Å². The van der Waals surface area contributed by atoms with E-state index in [1.807, 2.05) is 24.3 Å². The molecule has 0 atom stereocenters. The Labute approximate surface area is 184 Å². The van der Waals surface area contributed by atoms with Gasteiger partial charge in [0, 0.05) is 51.6 Å². The number of amides is 1. The highest BCUT2D eigenvalue weighted by Crippen LogP contribution is 2.15. The monoisotopic (exact) mass is 425 g/mol. The predicted octanol–water partition coefficient (Wildman–Crippen LogP) is 2.09. The molecule has 0 radical (unpaired) electrons. The largest absolute Gasteiger partial charge is 0.357 e. The number of rotatable bonds is 9. The van der Waals surface area contributed by atoms with Crippen LogP contribution in [-0.2, 0) is 25.8 Å². The van der Waals surface area contributed by atoms with Gasteiger partial charge in [-0.2, -0.15) is 0 Å². The summed E-state index contributed by atoms with van der Waals surface area (Å²) in [6.45, 7) is 5.42. The molecule has 1 amide bonds. The molecule has 1 aromatic carbocycles. The molecule has 0 saturated carbocycles. The minimum absolute atomic E-state index is 0.0609. The minimum Gasteiger partial charge on any atom is -0.357 e. The van der Waals surface area contributed by atoms with Crippen LogP contribution in [0.2, 0.25) is 0 Å². The first-order valence-electron chi connectivity index (χ1n) is 11.5. The predicted molar refractivity (Wildman–Crippen MR) is 123 cm³/mol. The Hall–Kier alpha value is -2.90. The highest BCUT2D eigenvalue weighted by molar-refractivity contribution is 5.94. The second kappa shape index (κ2) is 12.1. The number of aliphatic imine (C=N–C) groups is 1. The molecule has 2 heterocycles. The highest BCUT2D eigenvalue weighted by atomic mass is 16.1. The van der Waals surface area contributed by atoms with Gasteiger partial charge in [-0.3, -0.25) is 9.79 Å². The number of aryl methyl sites for hydroxylation is 2. The first kappa shape index (κ1) is 22.8. The van der Waals surface area contributed by atoms with E-state index in [1.54, 1.807) is 7.05 Å². The lowest BCUT2D eigenvalue weighted by atomic mass is 10.1. The average Bonchev–Trinajstić information content (AvgIpc) is 3.01. The van der Waals surface area contributed by atoms with E-state index in [1.165, 1.54) is 19.3 Å². The Bertz CT molecular complexity index is 875. The van der Waals surface area contributed by atoms with Crippen LogP contribution in [0, 0.1) is 0 Å². The number of aromatic nitrogens is 3. The summed E-state index contributed by atoms with van der Waals surface area (Å²) in [5.41, 5.74) is 1.81. The Kier molecular flexibility index (Phi) is 8.87. The summed E-state index contributed by atoms with van der Waals surface area (Å²) >= 11 is 0. The lowest BCUT2D eigenvalue weighted by Crippen LogP contribution is -2.38. The van der Waals surface area contributed by atoms with Crippen molar-refractivity contribution in [2.45, 2.75) is 58.4 Å². The zero-order chi connectivity index (χ0) is 21.9. The van der Waals surface area contributed by atoms with Crippen LogP contribution in [0.4, 0.5) is 0 Å². The molecule has 1 aliphatic heterocycles. The number of fused-ring (bicyclic) bond motifs is 1. The van der Waals surface area contributed by atoms with E-state index >= 15 is 0 Å². The molecule has 0 bridgehead atoms. The zero-order valence-corrected chi connectivity index (χ0v) is 18.8. The third-order valence-corrected chi connectivity index (χ3v) is 5.48. The van der Waals surface area contributed by atoms with Crippen LogP contribution >= 0.6 is 0 Å². The van der Waals surface area contributed by atoms with Crippen LogP contribution in [-0.4, -0.2) is 53.3 Å². The van der Waals surface area contributed by atoms with Gasteiger partial charge in [-0.1, -0.05) is 18.6 Å². The van der Waals surface area contributed by atoms with Crippen molar-refractivity contribution in [1.82, 2.24) is 30.7 Å². The SMILES string of the molecule is CCNC(=NCCCc1nnc2n1CCCCC2)NCCc1cccc(C(=O)NC)c1. The van der Waals surface area contributed by atoms with Gasteiger partial charge in [0.05, 0.1) is 0 Å². The lowest BCUT2D eigenvalue weighted by Gasteiger charge is -2.12. The van der Waals surface area contributed by atoms with E-state index in [2.05, 4.69) is 37.6 Å². The second-order valence-electron chi connectivity index (χ2n) is 7.82. The highest BCUT2D eigenvalue weighted by Gasteiger charge is 2.14. The van der Waals surface area contributed by atoms with Gasteiger partial charge in [0.25, 0.3) is 5.91 Å². The molecule has 1 aromatic heterocycles. The van der Waals surface area contributed by atoms with E-state index < -0.39 is 0 Å². The number of benzene rings is 1. The number of nitrogens with one attached hydrogen (secondary N) is 3. The van der Waals surface area contributed by atoms with Crippen molar-refractivity contribution in [3.63, 3.8) is 0 Å². The van der Waals surface area contributed by atoms with Crippen molar-refractivity contribution in [2.24, 2.45) is 4.99 Å². The second-order valence-corrected chi connectivity index (χ2v) is 7.82. The smallest absolute Gasteiger partial charge is 0.251 e. The molecule has 0 saturated heterocycles. The molecule has 3 rings (SSSR count). The number of hydrogen-bond acceptors (Lipinski definition) is 4. The first-order chi connectivity index (χ1) is 15.2. The third-order valence-electron chi connectivity index (χ3n) is 5.48. The van der Waals surface area contributed by atoms with Gasteiger partial charge >= 0.3 is 0 Å². The molecule has 0 aliphatic carbocycles. The number of carbonyl (C=O) groups is 1. The quantitative estimate of drug-likeness (QED) is 0.325. The number of hydrogen-bond donors (Lipinski definition) is 3. The molecular formula is C23H35N7O. The van der Waals surface area contributed by atoms with Gasteiger partial charge in [0.2, 0.25) is 0 Å². The fourth-order valence-corrected chi connectivity index (χ4v) is 3.84. The van der Waals surface area contributed by atoms with Gasteiger partial charge in [0.15, 0.2) is 5.96 Å². The van der Waals surface area contributed by atoms with Crippen LogP contribution in [0.25, 0.3) is 0 Å². The molecular weight excluding hydrogens is 390 g/mol. The van der Waals surface area contributed by atoms with Crippen molar-refractivity contribution in [1.29, 1.82) is 0 Å². The standard InChI is InChI=1S/C23H35N7O/c1-3-25-23(27-15-13-18-9-7-10-19(17-18)22(31)24-2)26-14-8-12-21-29-28-20-11-5-4-6-16-30(20)21/h7,9-10,17H,3-6,8,11-16H2,1-2H3,(H,24,31)(H2,25,26,27). The summed E-state index contributed by atoms with van der Waals surface area (Å²) in [7, 11) is 1.65. The van der Waals surface area contributed by atoms with Gasteiger partial charge < -0.3 is 20.5 Å².